The predicted molar refractivity (Wildman–Crippen MR) is 176 cm³/mol. The molecule has 0 saturated carbocycles. The molecule has 9 rings (SSSR count). The summed E-state index contributed by atoms with van der Waals surface area (Å²) in [5.74, 6) is 0. The SMILES string of the molecule is N#Cc1ccc(-c2ccc3oc4ccccc4c3c2)c(-n2c3ccccc3c3c4sc5c(N)cccc5c4ccc32)c1. The minimum absolute atomic E-state index is 0.616. The van der Waals surface area contributed by atoms with Gasteiger partial charge in [-0.15, -0.1) is 11.3 Å². The van der Waals surface area contributed by atoms with E-state index in [9.17, 15) is 5.26 Å². The van der Waals surface area contributed by atoms with E-state index >= 15 is 0 Å². The van der Waals surface area contributed by atoms with Gasteiger partial charge in [-0.2, -0.15) is 5.26 Å². The van der Waals surface area contributed by atoms with Gasteiger partial charge < -0.3 is 14.7 Å². The number of thiophene rings is 1. The molecule has 0 amide bonds. The highest BCUT2D eigenvalue weighted by Gasteiger charge is 2.20. The topological polar surface area (TPSA) is 67.9 Å². The first-order chi connectivity index (χ1) is 20.7. The Hall–Kier alpha value is -5.57. The molecule has 0 spiro atoms. The van der Waals surface area contributed by atoms with Crippen molar-refractivity contribution in [1.82, 2.24) is 4.57 Å². The molecular weight excluding hydrogens is 534 g/mol. The molecule has 0 radical (unpaired) electrons. The molecule has 2 N–H and O–H groups in total. The van der Waals surface area contributed by atoms with E-state index in [1.54, 1.807) is 11.3 Å². The Morgan fingerprint density at radius 2 is 1.43 bits per heavy atom. The summed E-state index contributed by atoms with van der Waals surface area (Å²) in [5.41, 5.74) is 14.8. The van der Waals surface area contributed by atoms with Gasteiger partial charge in [-0.05, 0) is 54.1 Å². The van der Waals surface area contributed by atoms with Crippen LogP contribution in [-0.2, 0) is 0 Å². The molecule has 0 aliphatic heterocycles. The van der Waals surface area contributed by atoms with Crippen LogP contribution in [0.1, 0.15) is 5.56 Å². The lowest BCUT2D eigenvalue weighted by Crippen LogP contribution is -1.98. The van der Waals surface area contributed by atoms with Crippen molar-refractivity contribution >= 4 is 80.9 Å². The van der Waals surface area contributed by atoms with Crippen molar-refractivity contribution in [3.63, 3.8) is 0 Å². The second-order valence-electron chi connectivity index (χ2n) is 10.7. The van der Waals surface area contributed by atoms with Gasteiger partial charge in [0.05, 0.1) is 33.1 Å². The average Bonchev–Trinajstić information content (AvgIpc) is 3.70. The summed E-state index contributed by atoms with van der Waals surface area (Å²) in [6.07, 6.45) is 0. The summed E-state index contributed by atoms with van der Waals surface area (Å²) in [5, 5.41) is 16.9. The first kappa shape index (κ1) is 23.2. The van der Waals surface area contributed by atoms with Crippen LogP contribution in [0.3, 0.4) is 0 Å². The largest absolute Gasteiger partial charge is 0.456 e. The van der Waals surface area contributed by atoms with E-state index in [1.807, 2.05) is 48.5 Å². The molecule has 5 heteroatoms. The van der Waals surface area contributed by atoms with Crippen molar-refractivity contribution in [2.45, 2.75) is 0 Å². The smallest absolute Gasteiger partial charge is 0.135 e. The quantitative estimate of drug-likeness (QED) is 0.216. The molecule has 0 aliphatic carbocycles. The molecule has 3 aromatic heterocycles. The van der Waals surface area contributed by atoms with Gasteiger partial charge >= 0.3 is 0 Å². The molecule has 0 fully saturated rings. The maximum atomic E-state index is 9.95. The first-order valence-electron chi connectivity index (χ1n) is 13.8. The first-order valence-corrected chi connectivity index (χ1v) is 14.6. The molecule has 0 unspecified atom stereocenters. The van der Waals surface area contributed by atoms with E-state index in [2.05, 4.69) is 77.4 Å². The monoisotopic (exact) mass is 555 g/mol. The number of furan rings is 1. The van der Waals surface area contributed by atoms with E-state index in [0.29, 0.717) is 5.56 Å². The van der Waals surface area contributed by atoms with Crippen molar-refractivity contribution in [2.75, 3.05) is 5.73 Å². The summed E-state index contributed by atoms with van der Waals surface area (Å²) in [6, 6.07) is 41.9. The molecule has 0 bridgehead atoms. The van der Waals surface area contributed by atoms with Crippen molar-refractivity contribution < 1.29 is 4.42 Å². The Labute approximate surface area is 244 Å². The van der Waals surface area contributed by atoms with Crippen LogP contribution in [-0.4, -0.2) is 4.57 Å². The molecule has 0 atom stereocenters. The molecule has 0 saturated heterocycles. The fourth-order valence-corrected chi connectivity index (χ4v) is 7.80. The van der Waals surface area contributed by atoms with Crippen LogP contribution in [0.25, 0.3) is 80.7 Å². The summed E-state index contributed by atoms with van der Waals surface area (Å²) < 4.78 is 10.8. The van der Waals surface area contributed by atoms with Gasteiger partial charge in [0.1, 0.15) is 11.2 Å². The lowest BCUT2D eigenvalue weighted by atomic mass is 9.99. The Bertz CT molecular complexity index is 2610. The number of benzene rings is 6. The molecular formula is C37H21N3OS. The Morgan fingerprint density at radius 1 is 0.643 bits per heavy atom. The summed E-state index contributed by atoms with van der Waals surface area (Å²) in [7, 11) is 0. The van der Waals surface area contributed by atoms with E-state index in [1.165, 1.54) is 26.2 Å². The number of para-hydroxylation sites is 2. The minimum Gasteiger partial charge on any atom is -0.456 e. The number of hydrogen-bond acceptors (Lipinski definition) is 4. The molecule has 6 aromatic carbocycles. The van der Waals surface area contributed by atoms with Gasteiger partial charge in [-0.1, -0.05) is 66.7 Å². The van der Waals surface area contributed by atoms with E-state index in [0.717, 1.165) is 60.2 Å². The number of nitrogens with zero attached hydrogens (tertiary/aromatic N) is 2. The van der Waals surface area contributed by atoms with Crippen LogP contribution in [0.15, 0.2) is 120 Å². The lowest BCUT2D eigenvalue weighted by molar-refractivity contribution is 0.669. The average molecular weight is 556 g/mol. The number of hydrogen-bond donors (Lipinski definition) is 1. The Morgan fingerprint density at radius 3 is 2.33 bits per heavy atom. The van der Waals surface area contributed by atoms with Gasteiger partial charge in [0.15, 0.2) is 0 Å². The number of nitrogen functional groups attached to an aromatic ring is 1. The van der Waals surface area contributed by atoms with Crippen LogP contribution in [0.2, 0.25) is 0 Å². The Balaban J connectivity index is 1.40. The number of anilines is 1. The summed E-state index contributed by atoms with van der Waals surface area (Å²) in [6.45, 7) is 0. The van der Waals surface area contributed by atoms with Gasteiger partial charge in [0, 0.05) is 48.3 Å². The molecule has 0 aliphatic rings. The lowest BCUT2D eigenvalue weighted by Gasteiger charge is -2.15. The van der Waals surface area contributed by atoms with E-state index < -0.39 is 0 Å². The molecule has 3 heterocycles. The van der Waals surface area contributed by atoms with Crippen LogP contribution in [0.5, 0.6) is 0 Å². The third kappa shape index (κ3) is 3.10. The van der Waals surface area contributed by atoms with Crippen molar-refractivity contribution in [2.24, 2.45) is 0 Å². The van der Waals surface area contributed by atoms with Gasteiger partial charge in [-0.3, -0.25) is 0 Å². The second kappa shape index (κ2) is 8.47. The van der Waals surface area contributed by atoms with Crippen LogP contribution in [0, 0.1) is 11.3 Å². The molecule has 196 valence electrons. The highest BCUT2D eigenvalue weighted by molar-refractivity contribution is 7.27. The summed E-state index contributed by atoms with van der Waals surface area (Å²) >= 11 is 1.75. The highest BCUT2D eigenvalue weighted by atomic mass is 32.1. The minimum atomic E-state index is 0.616. The normalized spacial score (nSPS) is 11.9. The predicted octanol–water partition coefficient (Wildman–Crippen LogP) is 10.2. The van der Waals surface area contributed by atoms with Crippen molar-refractivity contribution in [1.29, 1.82) is 5.26 Å². The van der Waals surface area contributed by atoms with Crippen molar-refractivity contribution in [3.05, 3.63) is 121 Å². The fraction of sp³-hybridized carbons (Fsp3) is 0. The molecule has 9 aromatic rings. The standard InChI is InChI=1S/C37H21N3OS/c38-20-21-12-14-23(22-13-17-34-28(19-22)24-6-2-4-11-33(24)41-34)32(18-21)40-30-10-3-1-7-27(30)35-31(40)16-15-26-25-8-5-9-29(39)36(25)42-37(26)35/h1-19H,39H2. The van der Waals surface area contributed by atoms with Crippen LogP contribution >= 0.6 is 11.3 Å². The Kier molecular flexibility index (Phi) is 4.67. The number of rotatable bonds is 2. The zero-order chi connectivity index (χ0) is 27.9. The van der Waals surface area contributed by atoms with Crippen LogP contribution < -0.4 is 5.73 Å². The maximum absolute atomic E-state index is 9.95. The molecule has 42 heavy (non-hydrogen) atoms. The highest BCUT2D eigenvalue weighted by Crippen LogP contribution is 2.45. The molecule has 4 nitrogen and oxygen atoms in total. The number of fused-ring (bicyclic) bond motifs is 10. The maximum Gasteiger partial charge on any atom is 0.135 e. The number of nitriles is 1. The zero-order valence-electron chi connectivity index (χ0n) is 22.3. The number of aromatic nitrogens is 1. The van der Waals surface area contributed by atoms with Gasteiger partial charge in [-0.25, -0.2) is 0 Å². The third-order valence-corrected chi connectivity index (χ3v) is 9.67. The van der Waals surface area contributed by atoms with E-state index in [4.69, 9.17) is 10.2 Å². The van der Waals surface area contributed by atoms with E-state index in [-0.39, 0.29) is 0 Å². The van der Waals surface area contributed by atoms with Crippen LogP contribution in [0.4, 0.5) is 5.69 Å². The summed E-state index contributed by atoms with van der Waals surface area (Å²) in [4.78, 5) is 0. The van der Waals surface area contributed by atoms with Gasteiger partial charge in [0.2, 0.25) is 0 Å². The van der Waals surface area contributed by atoms with Gasteiger partial charge in [0.25, 0.3) is 0 Å². The fourth-order valence-electron chi connectivity index (χ4n) is 6.51. The third-order valence-electron chi connectivity index (χ3n) is 8.39. The van der Waals surface area contributed by atoms with Crippen molar-refractivity contribution in [3.8, 4) is 22.9 Å². The number of nitrogens with two attached hydrogens (primary N) is 1. The second-order valence-corrected chi connectivity index (χ2v) is 11.7. The zero-order valence-corrected chi connectivity index (χ0v) is 23.1.